The van der Waals surface area contributed by atoms with E-state index in [-0.39, 0.29) is 11.5 Å². The summed E-state index contributed by atoms with van der Waals surface area (Å²) in [6.45, 7) is 8.62. The lowest BCUT2D eigenvalue weighted by Gasteiger charge is -2.27. The molecule has 0 bridgehead atoms. The quantitative estimate of drug-likeness (QED) is 0.592. The molecule has 31 heavy (non-hydrogen) atoms. The van der Waals surface area contributed by atoms with Crippen LogP contribution in [0.2, 0.25) is 0 Å². The fraction of sp³-hybridized carbons (Fsp3) is 0.348. The van der Waals surface area contributed by atoms with E-state index in [2.05, 4.69) is 16.5 Å². The van der Waals surface area contributed by atoms with E-state index in [4.69, 9.17) is 9.47 Å². The van der Waals surface area contributed by atoms with Crippen LogP contribution >= 0.6 is 0 Å². The zero-order chi connectivity index (χ0) is 21.8. The number of hydrogen-bond acceptors (Lipinski definition) is 5. The zero-order valence-corrected chi connectivity index (χ0v) is 17.6. The first-order valence-electron chi connectivity index (χ1n) is 10.5. The van der Waals surface area contributed by atoms with Crippen molar-refractivity contribution in [3.63, 3.8) is 0 Å². The number of pyridine rings is 2. The van der Waals surface area contributed by atoms with Gasteiger partial charge in [0.2, 0.25) is 5.88 Å². The zero-order valence-electron chi connectivity index (χ0n) is 17.6. The van der Waals surface area contributed by atoms with E-state index >= 15 is 0 Å². The maximum Gasteiger partial charge on any atom is 0.274 e. The fourth-order valence-corrected chi connectivity index (χ4v) is 3.77. The van der Waals surface area contributed by atoms with Crippen molar-refractivity contribution in [2.75, 3.05) is 32.9 Å². The van der Waals surface area contributed by atoms with Crippen LogP contribution in [-0.4, -0.2) is 58.3 Å². The van der Waals surface area contributed by atoms with Crippen LogP contribution in [-0.2, 0) is 11.3 Å². The van der Waals surface area contributed by atoms with Crippen LogP contribution in [0, 0.1) is 0 Å². The van der Waals surface area contributed by atoms with E-state index in [1.54, 1.807) is 34.0 Å². The number of ether oxygens (including phenoxy) is 2. The first kappa shape index (κ1) is 20.9. The predicted octanol–water partition coefficient (Wildman–Crippen LogP) is 2.84. The van der Waals surface area contributed by atoms with E-state index in [0.29, 0.717) is 62.8 Å². The van der Waals surface area contributed by atoms with Crippen LogP contribution in [0.4, 0.5) is 0 Å². The minimum atomic E-state index is -0.133. The third-order valence-electron chi connectivity index (χ3n) is 5.34. The predicted molar refractivity (Wildman–Crippen MR) is 118 cm³/mol. The van der Waals surface area contributed by atoms with Gasteiger partial charge in [-0.3, -0.25) is 9.59 Å². The minimum Gasteiger partial charge on any atom is -0.477 e. The molecule has 1 aliphatic heterocycles. The number of aryl methyl sites for hydroxylation is 1. The lowest BCUT2D eigenvalue weighted by molar-refractivity contribution is 0.0300. The van der Waals surface area contributed by atoms with Crippen LogP contribution in [0.15, 0.2) is 48.2 Å². The lowest BCUT2D eigenvalue weighted by atomic mass is 10.0. The van der Waals surface area contributed by atoms with Gasteiger partial charge in [-0.15, -0.1) is 6.58 Å². The molecule has 8 heteroatoms. The van der Waals surface area contributed by atoms with Crippen molar-refractivity contribution in [3.8, 4) is 17.0 Å². The van der Waals surface area contributed by atoms with Gasteiger partial charge in [-0.2, -0.15) is 0 Å². The summed E-state index contributed by atoms with van der Waals surface area (Å²) in [4.78, 5) is 35.3. The Morgan fingerprint density at radius 1 is 1.39 bits per heavy atom. The highest BCUT2D eigenvalue weighted by Gasteiger charge is 2.24. The number of amides is 1. The molecule has 1 saturated heterocycles. The standard InChI is InChI=1S/C23H26N4O4/c1-3-5-8-27-15-19(17-6-7-24-20(17)23(27)29)16-13-18(21(25-14-16)31-4-2)22(28)26-9-11-30-12-10-26/h3,6-7,13-15,24H,1,4-5,8-12H2,2H3. The van der Waals surface area contributed by atoms with Crippen molar-refractivity contribution in [3.05, 3.63) is 59.3 Å². The summed E-state index contributed by atoms with van der Waals surface area (Å²) in [5, 5.41) is 0.788. The van der Waals surface area contributed by atoms with Crippen molar-refractivity contribution in [2.45, 2.75) is 19.9 Å². The van der Waals surface area contributed by atoms with Gasteiger partial charge >= 0.3 is 0 Å². The smallest absolute Gasteiger partial charge is 0.274 e. The first-order valence-corrected chi connectivity index (χ1v) is 10.5. The number of carbonyl (C=O) groups excluding carboxylic acids is 1. The number of aromatic nitrogens is 3. The molecule has 3 aromatic rings. The van der Waals surface area contributed by atoms with E-state index in [9.17, 15) is 9.59 Å². The minimum absolute atomic E-state index is 0.0888. The molecule has 4 heterocycles. The summed E-state index contributed by atoms with van der Waals surface area (Å²) in [5.74, 6) is 0.180. The summed E-state index contributed by atoms with van der Waals surface area (Å²) in [7, 11) is 0. The van der Waals surface area contributed by atoms with E-state index in [1.807, 2.05) is 19.2 Å². The molecule has 8 nitrogen and oxygen atoms in total. The number of rotatable bonds is 7. The van der Waals surface area contributed by atoms with Gasteiger partial charge in [0, 0.05) is 54.7 Å². The van der Waals surface area contributed by atoms with Gasteiger partial charge in [-0.1, -0.05) is 6.08 Å². The van der Waals surface area contributed by atoms with Gasteiger partial charge in [-0.25, -0.2) is 4.98 Å². The Kier molecular flexibility index (Phi) is 6.18. The number of morpholine rings is 1. The van der Waals surface area contributed by atoms with Gasteiger partial charge in [0.05, 0.1) is 19.8 Å². The molecule has 0 radical (unpaired) electrons. The van der Waals surface area contributed by atoms with Gasteiger partial charge < -0.3 is 23.9 Å². The molecular formula is C23H26N4O4. The van der Waals surface area contributed by atoms with E-state index in [0.717, 1.165) is 16.5 Å². The van der Waals surface area contributed by atoms with Gasteiger partial charge in [0.1, 0.15) is 11.1 Å². The summed E-state index contributed by atoms with van der Waals surface area (Å²) in [6, 6.07) is 3.67. The summed E-state index contributed by atoms with van der Waals surface area (Å²) < 4.78 is 12.7. The lowest BCUT2D eigenvalue weighted by Crippen LogP contribution is -2.40. The van der Waals surface area contributed by atoms with Crippen molar-refractivity contribution in [2.24, 2.45) is 0 Å². The Labute approximate surface area is 180 Å². The average Bonchev–Trinajstić information content (AvgIpc) is 3.30. The number of H-pyrrole nitrogens is 1. The number of fused-ring (bicyclic) bond motifs is 1. The summed E-state index contributed by atoms with van der Waals surface area (Å²) in [6.07, 6.45) is 7.71. The molecule has 0 saturated carbocycles. The highest BCUT2D eigenvalue weighted by atomic mass is 16.5. The second kappa shape index (κ2) is 9.18. The van der Waals surface area contributed by atoms with Crippen molar-refractivity contribution in [1.29, 1.82) is 0 Å². The van der Waals surface area contributed by atoms with Crippen LogP contribution in [0.25, 0.3) is 22.0 Å². The molecule has 1 aliphatic rings. The second-order valence-corrected chi connectivity index (χ2v) is 7.30. The van der Waals surface area contributed by atoms with Crippen LogP contribution in [0.5, 0.6) is 5.88 Å². The van der Waals surface area contributed by atoms with E-state index < -0.39 is 0 Å². The Hall–Kier alpha value is -3.39. The highest BCUT2D eigenvalue weighted by Crippen LogP contribution is 2.30. The molecule has 0 spiro atoms. The van der Waals surface area contributed by atoms with Gasteiger partial charge in [0.25, 0.3) is 11.5 Å². The molecule has 0 unspecified atom stereocenters. The molecule has 0 atom stereocenters. The molecule has 1 fully saturated rings. The molecule has 1 N–H and O–H groups in total. The largest absolute Gasteiger partial charge is 0.477 e. The number of aromatic amines is 1. The Bertz CT molecular complexity index is 1160. The SMILES string of the molecule is C=CCCn1cc(-c2cnc(OCC)c(C(=O)N3CCOCC3)c2)c2cc[nH]c2c1=O. The van der Waals surface area contributed by atoms with Crippen LogP contribution in [0.3, 0.4) is 0 Å². The molecule has 162 valence electrons. The highest BCUT2D eigenvalue weighted by molar-refractivity contribution is 6.00. The van der Waals surface area contributed by atoms with Crippen molar-refractivity contribution < 1.29 is 14.3 Å². The molecular weight excluding hydrogens is 396 g/mol. The van der Waals surface area contributed by atoms with Crippen LogP contribution < -0.4 is 10.3 Å². The summed E-state index contributed by atoms with van der Waals surface area (Å²) in [5.41, 5.74) is 2.42. The first-order chi connectivity index (χ1) is 15.1. The maximum atomic E-state index is 13.2. The van der Waals surface area contributed by atoms with Gasteiger partial charge in [0.15, 0.2) is 0 Å². The number of hydrogen-bond donors (Lipinski definition) is 1. The van der Waals surface area contributed by atoms with Crippen molar-refractivity contribution in [1.82, 2.24) is 19.4 Å². The third kappa shape index (κ3) is 4.11. The average molecular weight is 422 g/mol. The third-order valence-corrected chi connectivity index (χ3v) is 5.34. The fourth-order valence-electron chi connectivity index (χ4n) is 3.77. The monoisotopic (exact) mass is 422 g/mol. The number of allylic oxidation sites excluding steroid dienone is 1. The topological polar surface area (TPSA) is 89.4 Å². The Morgan fingerprint density at radius 3 is 2.94 bits per heavy atom. The second-order valence-electron chi connectivity index (χ2n) is 7.30. The maximum absolute atomic E-state index is 13.2. The molecule has 4 rings (SSSR count). The Balaban J connectivity index is 1.83. The van der Waals surface area contributed by atoms with E-state index in [1.165, 1.54) is 0 Å². The van der Waals surface area contributed by atoms with Crippen molar-refractivity contribution >= 4 is 16.8 Å². The normalized spacial score (nSPS) is 14.0. The summed E-state index contributed by atoms with van der Waals surface area (Å²) >= 11 is 0. The molecule has 3 aromatic heterocycles. The molecule has 1 amide bonds. The molecule has 0 aromatic carbocycles. The van der Waals surface area contributed by atoms with Crippen LogP contribution in [0.1, 0.15) is 23.7 Å². The van der Waals surface area contributed by atoms with Gasteiger partial charge in [-0.05, 0) is 25.5 Å². The number of nitrogens with zero attached hydrogens (tertiary/aromatic N) is 3. The number of nitrogens with one attached hydrogen (secondary N) is 1. The number of carbonyl (C=O) groups is 1. The Morgan fingerprint density at radius 2 is 2.19 bits per heavy atom. The molecule has 0 aliphatic carbocycles.